The van der Waals surface area contributed by atoms with Crippen LogP contribution in [0, 0.1) is 0 Å². The molecular weight excluding hydrogens is 524 g/mol. The molecule has 4 heterocycles. The van der Waals surface area contributed by atoms with E-state index in [-0.39, 0.29) is 24.6 Å². The van der Waals surface area contributed by atoms with Gasteiger partial charge in [-0.05, 0) is 57.9 Å². The second kappa shape index (κ2) is 10.7. The fourth-order valence-electron chi connectivity index (χ4n) is 5.15. The SMILES string of the molecule is c1cc2ccc(OCC3CO3)c(Cc3c(OC4CCO4)ccc4ccc(OCC5CO5)cc34)c2cc1OCC1CO1. The summed E-state index contributed by atoms with van der Waals surface area (Å²) in [6.45, 7) is 4.58. The molecule has 8 nitrogen and oxygen atoms in total. The van der Waals surface area contributed by atoms with E-state index in [0.717, 1.165) is 81.9 Å². The van der Waals surface area contributed by atoms with Crippen LogP contribution in [0.15, 0.2) is 60.7 Å². The van der Waals surface area contributed by atoms with Crippen molar-refractivity contribution in [2.75, 3.05) is 46.2 Å². The molecule has 0 radical (unpaired) electrons. The zero-order valence-corrected chi connectivity index (χ0v) is 22.7. The molecular formula is C33H32O8. The average molecular weight is 557 g/mol. The van der Waals surface area contributed by atoms with Crippen molar-refractivity contribution < 1.29 is 37.9 Å². The highest BCUT2D eigenvalue weighted by atomic mass is 16.7. The second-order valence-electron chi connectivity index (χ2n) is 11.0. The van der Waals surface area contributed by atoms with Crippen LogP contribution in [0.25, 0.3) is 21.5 Å². The van der Waals surface area contributed by atoms with E-state index in [2.05, 4.69) is 42.5 Å². The van der Waals surface area contributed by atoms with Crippen molar-refractivity contribution in [3.05, 3.63) is 71.8 Å². The third-order valence-electron chi connectivity index (χ3n) is 7.90. The Morgan fingerprint density at radius 2 is 1.07 bits per heavy atom. The minimum atomic E-state index is -0.238. The summed E-state index contributed by atoms with van der Waals surface area (Å²) in [6, 6.07) is 20.7. The number of hydrogen-bond acceptors (Lipinski definition) is 8. The van der Waals surface area contributed by atoms with Gasteiger partial charge in [-0.15, -0.1) is 0 Å². The molecule has 4 aromatic rings. The highest BCUT2D eigenvalue weighted by Crippen LogP contribution is 2.39. The van der Waals surface area contributed by atoms with Crippen LogP contribution in [-0.2, 0) is 25.4 Å². The molecule has 4 aliphatic rings. The van der Waals surface area contributed by atoms with Crippen LogP contribution >= 0.6 is 0 Å². The molecule has 41 heavy (non-hydrogen) atoms. The maximum Gasteiger partial charge on any atom is 0.202 e. The maximum atomic E-state index is 6.38. The molecule has 0 N–H and O–H groups in total. The molecule has 4 unspecified atom stereocenters. The lowest BCUT2D eigenvalue weighted by molar-refractivity contribution is -0.165. The first-order chi connectivity index (χ1) is 20.2. The molecule has 4 atom stereocenters. The molecule has 0 saturated carbocycles. The summed E-state index contributed by atoms with van der Waals surface area (Å²) in [5.74, 6) is 3.25. The smallest absolute Gasteiger partial charge is 0.202 e. The molecule has 4 fully saturated rings. The Kier molecular flexibility index (Phi) is 6.56. The third kappa shape index (κ3) is 5.78. The summed E-state index contributed by atoms with van der Waals surface area (Å²) < 4.78 is 46.7. The number of fused-ring (bicyclic) bond motifs is 2. The minimum Gasteiger partial charge on any atom is -0.491 e. The van der Waals surface area contributed by atoms with Crippen LogP contribution in [0.2, 0.25) is 0 Å². The maximum absolute atomic E-state index is 6.38. The lowest BCUT2D eigenvalue weighted by Gasteiger charge is -2.28. The van der Waals surface area contributed by atoms with Gasteiger partial charge in [0, 0.05) is 24.0 Å². The van der Waals surface area contributed by atoms with Crippen molar-refractivity contribution in [1.82, 2.24) is 0 Å². The van der Waals surface area contributed by atoms with Crippen LogP contribution < -0.4 is 18.9 Å². The minimum absolute atomic E-state index is 0.147. The molecule has 0 aliphatic carbocycles. The topological polar surface area (TPSA) is 83.7 Å². The largest absolute Gasteiger partial charge is 0.491 e. The molecule has 4 aromatic carbocycles. The fourth-order valence-corrected chi connectivity index (χ4v) is 5.15. The fraction of sp³-hybridized carbons (Fsp3) is 0.394. The number of hydrogen-bond donors (Lipinski definition) is 0. The molecule has 0 spiro atoms. The van der Waals surface area contributed by atoms with Crippen LogP contribution in [-0.4, -0.2) is 70.9 Å². The Morgan fingerprint density at radius 3 is 1.59 bits per heavy atom. The highest BCUT2D eigenvalue weighted by Gasteiger charge is 2.27. The quantitative estimate of drug-likeness (QED) is 0.212. The normalized spacial score (nSPS) is 24.1. The molecule has 8 heteroatoms. The van der Waals surface area contributed by atoms with E-state index in [4.69, 9.17) is 37.9 Å². The first kappa shape index (κ1) is 25.2. The Morgan fingerprint density at radius 1 is 0.585 bits per heavy atom. The van der Waals surface area contributed by atoms with Gasteiger partial charge in [-0.3, -0.25) is 0 Å². The van der Waals surface area contributed by atoms with E-state index in [1.54, 1.807) is 0 Å². The second-order valence-corrected chi connectivity index (χ2v) is 11.0. The summed E-state index contributed by atoms with van der Waals surface area (Å²) in [7, 11) is 0. The monoisotopic (exact) mass is 556 g/mol. The van der Waals surface area contributed by atoms with Crippen LogP contribution in [0.1, 0.15) is 17.5 Å². The predicted octanol–water partition coefficient (Wildman–Crippen LogP) is 5.04. The number of ether oxygens (including phenoxy) is 8. The van der Waals surface area contributed by atoms with E-state index in [1.807, 2.05) is 18.2 Å². The molecule has 0 amide bonds. The van der Waals surface area contributed by atoms with Gasteiger partial charge in [-0.25, -0.2) is 0 Å². The predicted molar refractivity (Wildman–Crippen MR) is 151 cm³/mol. The van der Waals surface area contributed by atoms with Gasteiger partial charge >= 0.3 is 0 Å². The molecule has 8 rings (SSSR count). The van der Waals surface area contributed by atoms with Crippen molar-refractivity contribution in [2.24, 2.45) is 0 Å². The molecule has 4 saturated heterocycles. The van der Waals surface area contributed by atoms with E-state index in [9.17, 15) is 0 Å². The van der Waals surface area contributed by atoms with Crippen molar-refractivity contribution >= 4 is 21.5 Å². The lowest BCUT2D eigenvalue weighted by Crippen LogP contribution is -2.32. The van der Waals surface area contributed by atoms with Crippen LogP contribution in [0.3, 0.4) is 0 Å². The van der Waals surface area contributed by atoms with Gasteiger partial charge in [0.1, 0.15) is 61.1 Å². The molecule has 4 aliphatic heterocycles. The number of rotatable bonds is 13. The zero-order chi connectivity index (χ0) is 27.2. The Bertz CT molecular complexity index is 1560. The van der Waals surface area contributed by atoms with Gasteiger partial charge in [0.25, 0.3) is 0 Å². The van der Waals surface area contributed by atoms with E-state index < -0.39 is 0 Å². The van der Waals surface area contributed by atoms with E-state index in [0.29, 0.717) is 32.8 Å². The average Bonchev–Trinajstić information content (AvgIpc) is 3.82. The van der Waals surface area contributed by atoms with E-state index in [1.165, 1.54) is 0 Å². The van der Waals surface area contributed by atoms with Gasteiger partial charge in [-0.2, -0.15) is 0 Å². The van der Waals surface area contributed by atoms with Gasteiger partial charge < -0.3 is 37.9 Å². The van der Waals surface area contributed by atoms with E-state index >= 15 is 0 Å². The molecule has 0 aromatic heterocycles. The first-order valence-electron chi connectivity index (χ1n) is 14.4. The molecule has 212 valence electrons. The Labute approximate surface area is 237 Å². The summed E-state index contributed by atoms with van der Waals surface area (Å²) in [4.78, 5) is 0. The zero-order valence-electron chi connectivity index (χ0n) is 22.7. The summed E-state index contributed by atoms with van der Waals surface area (Å²) in [5.41, 5.74) is 2.13. The van der Waals surface area contributed by atoms with Gasteiger partial charge in [0.2, 0.25) is 6.29 Å². The van der Waals surface area contributed by atoms with Crippen molar-refractivity contribution in [3.8, 4) is 23.0 Å². The first-order valence-corrected chi connectivity index (χ1v) is 14.4. The van der Waals surface area contributed by atoms with Gasteiger partial charge in [-0.1, -0.05) is 24.3 Å². The van der Waals surface area contributed by atoms with Crippen LogP contribution in [0.5, 0.6) is 23.0 Å². The van der Waals surface area contributed by atoms with Gasteiger partial charge in [0.15, 0.2) is 0 Å². The van der Waals surface area contributed by atoms with Crippen molar-refractivity contribution in [2.45, 2.75) is 37.4 Å². The van der Waals surface area contributed by atoms with Crippen molar-refractivity contribution in [3.63, 3.8) is 0 Å². The molecule has 0 bridgehead atoms. The number of benzene rings is 4. The standard InChI is InChI=1S/C33H32O8/c1-5-22(35-14-24-16-37-24)11-27-20(1)3-7-31(40-19-26-18-39-26)29(27)13-30-28-12-23(36-15-25-17-38-25)6-2-21(28)4-8-32(30)41-33-9-10-34-33/h1-8,11-12,24-26,33H,9-10,13-19H2. The Hall–Kier alpha value is -3.56. The third-order valence-corrected chi connectivity index (χ3v) is 7.90. The Balaban J connectivity index is 1.22. The highest BCUT2D eigenvalue weighted by molar-refractivity contribution is 5.93. The summed E-state index contributed by atoms with van der Waals surface area (Å²) in [5, 5.41) is 4.38. The van der Waals surface area contributed by atoms with Gasteiger partial charge in [0.05, 0.1) is 26.4 Å². The lowest BCUT2D eigenvalue weighted by atomic mass is 9.93. The van der Waals surface area contributed by atoms with Crippen LogP contribution in [0.4, 0.5) is 0 Å². The summed E-state index contributed by atoms with van der Waals surface area (Å²) in [6.07, 6.45) is 1.74. The summed E-state index contributed by atoms with van der Waals surface area (Å²) >= 11 is 0. The number of epoxide rings is 3. The van der Waals surface area contributed by atoms with Crippen molar-refractivity contribution in [1.29, 1.82) is 0 Å².